The highest BCUT2D eigenvalue weighted by Crippen LogP contribution is 2.34. The minimum Gasteiger partial charge on any atom is -0.496 e. The van der Waals surface area contributed by atoms with Crippen molar-refractivity contribution in [1.82, 2.24) is 25.1 Å². The van der Waals surface area contributed by atoms with E-state index < -0.39 is 0 Å². The van der Waals surface area contributed by atoms with Crippen molar-refractivity contribution in [2.75, 3.05) is 25.6 Å². The number of benzene rings is 1. The highest BCUT2D eigenvalue weighted by atomic mass is 16.5. The summed E-state index contributed by atoms with van der Waals surface area (Å²) in [5.74, 6) is 2.83. The number of likely N-dealkylation sites (tertiary alicyclic amines) is 1. The second kappa shape index (κ2) is 9.66. The number of ether oxygens (including phenoxy) is 2. The zero-order chi connectivity index (χ0) is 22.5. The van der Waals surface area contributed by atoms with E-state index in [1.165, 1.54) is 25.2 Å². The van der Waals surface area contributed by atoms with E-state index >= 15 is 0 Å². The van der Waals surface area contributed by atoms with Crippen LogP contribution in [0.25, 0.3) is 16.1 Å². The molecular weight excluding hydrogens is 406 g/mol. The quantitative estimate of drug-likeness (QED) is 0.508. The van der Waals surface area contributed by atoms with Gasteiger partial charge in [-0.2, -0.15) is 5.10 Å². The smallest absolute Gasteiger partial charge is 0.288 e. The van der Waals surface area contributed by atoms with Crippen molar-refractivity contribution >= 4 is 17.5 Å². The third-order valence-corrected chi connectivity index (χ3v) is 5.58. The summed E-state index contributed by atoms with van der Waals surface area (Å²) < 4.78 is 11.7. The van der Waals surface area contributed by atoms with Crippen LogP contribution in [0.2, 0.25) is 0 Å². The molecule has 0 spiro atoms. The maximum absolute atomic E-state index is 6.94. The van der Waals surface area contributed by atoms with Crippen LogP contribution in [0.15, 0.2) is 36.7 Å². The summed E-state index contributed by atoms with van der Waals surface area (Å²) in [5, 5.41) is 10.4. The third kappa shape index (κ3) is 4.81. The molecule has 1 aromatic carbocycles. The SMILES string of the molecule is [C-]#[N+]c1cnc(Nc2cc(-c3ccc(OC[C@@H]4CCCN4C(C)C)cc3OC)[nH]n2)cn1. The number of hydrogen-bond donors (Lipinski definition) is 2. The summed E-state index contributed by atoms with van der Waals surface area (Å²) in [6.45, 7) is 13.2. The molecule has 32 heavy (non-hydrogen) atoms. The lowest BCUT2D eigenvalue weighted by Gasteiger charge is -2.28. The maximum Gasteiger partial charge on any atom is 0.288 e. The van der Waals surface area contributed by atoms with Crippen LogP contribution in [0.1, 0.15) is 26.7 Å². The number of H-pyrrole nitrogens is 1. The Morgan fingerprint density at radius 1 is 1.25 bits per heavy atom. The second-order valence-corrected chi connectivity index (χ2v) is 7.96. The fourth-order valence-electron chi connectivity index (χ4n) is 3.99. The molecule has 1 atom stereocenters. The predicted molar refractivity (Wildman–Crippen MR) is 123 cm³/mol. The number of methoxy groups -OCH3 is 1. The Labute approximate surface area is 187 Å². The Kier molecular flexibility index (Phi) is 6.52. The molecule has 2 aromatic heterocycles. The molecule has 2 N–H and O–H groups in total. The topological polar surface area (TPSA) is 92.6 Å². The van der Waals surface area contributed by atoms with Gasteiger partial charge >= 0.3 is 0 Å². The molecule has 3 heterocycles. The molecule has 0 unspecified atom stereocenters. The number of hydrogen-bond acceptors (Lipinski definition) is 7. The molecular formula is C23H27N7O2. The van der Waals surface area contributed by atoms with E-state index in [2.05, 4.69) is 49.1 Å². The van der Waals surface area contributed by atoms with E-state index in [-0.39, 0.29) is 5.82 Å². The number of anilines is 2. The van der Waals surface area contributed by atoms with Gasteiger partial charge in [-0.25, -0.2) is 4.98 Å². The lowest BCUT2D eigenvalue weighted by atomic mass is 10.1. The molecule has 3 aromatic rings. The van der Waals surface area contributed by atoms with Gasteiger partial charge in [0.1, 0.15) is 18.1 Å². The van der Waals surface area contributed by atoms with Crippen molar-refractivity contribution in [3.63, 3.8) is 0 Å². The average Bonchev–Trinajstić information content (AvgIpc) is 3.47. The third-order valence-electron chi connectivity index (χ3n) is 5.58. The minimum atomic E-state index is 0.246. The minimum absolute atomic E-state index is 0.246. The summed E-state index contributed by atoms with van der Waals surface area (Å²) in [5.41, 5.74) is 1.67. The summed E-state index contributed by atoms with van der Waals surface area (Å²) >= 11 is 0. The van der Waals surface area contributed by atoms with Crippen LogP contribution < -0.4 is 14.8 Å². The van der Waals surface area contributed by atoms with Gasteiger partial charge in [0.25, 0.3) is 5.82 Å². The van der Waals surface area contributed by atoms with Crippen LogP contribution in [0.4, 0.5) is 17.5 Å². The molecule has 1 fully saturated rings. The molecule has 4 rings (SSSR count). The van der Waals surface area contributed by atoms with Crippen molar-refractivity contribution in [3.8, 4) is 22.8 Å². The van der Waals surface area contributed by atoms with Crippen LogP contribution in [-0.4, -0.2) is 57.4 Å². The lowest BCUT2D eigenvalue weighted by Crippen LogP contribution is -2.39. The standard InChI is InChI=1S/C23H27N7O2/c1-15(2)30-9-5-6-16(30)14-32-17-7-8-18(20(10-17)31-4)19-11-21(29-28-19)27-23-13-25-22(24-3)12-26-23/h7-8,10-13,15-16H,5-6,9,14H2,1-2,4H3,(H2,26,27,28,29)/t16-/m0/s1. The van der Waals surface area contributed by atoms with Gasteiger partial charge in [-0.05, 0) is 45.4 Å². The van der Waals surface area contributed by atoms with Crippen LogP contribution in [0.3, 0.4) is 0 Å². The first kappa shape index (κ1) is 21.6. The lowest BCUT2D eigenvalue weighted by molar-refractivity contribution is 0.144. The van der Waals surface area contributed by atoms with Crippen molar-refractivity contribution in [2.45, 2.75) is 38.8 Å². The Balaban J connectivity index is 1.44. The van der Waals surface area contributed by atoms with Crippen molar-refractivity contribution in [2.24, 2.45) is 0 Å². The molecule has 166 valence electrons. The van der Waals surface area contributed by atoms with Crippen LogP contribution in [0, 0.1) is 6.57 Å². The van der Waals surface area contributed by atoms with E-state index in [4.69, 9.17) is 16.0 Å². The Morgan fingerprint density at radius 2 is 2.12 bits per heavy atom. The molecule has 0 amide bonds. The summed E-state index contributed by atoms with van der Waals surface area (Å²) in [7, 11) is 1.64. The number of nitrogens with zero attached hydrogens (tertiary/aromatic N) is 5. The van der Waals surface area contributed by atoms with Crippen molar-refractivity contribution in [3.05, 3.63) is 48.1 Å². The highest BCUT2D eigenvalue weighted by molar-refractivity contribution is 5.71. The van der Waals surface area contributed by atoms with E-state index in [1.54, 1.807) is 7.11 Å². The second-order valence-electron chi connectivity index (χ2n) is 7.96. The van der Waals surface area contributed by atoms with Gasteiger partial charge in [0.2, 0.25) is 0 Å². The molecule has 0 radical (unpaired) electrons. The van der Waals surface area contributed by atoms with Gasteiger partial charge in [0.05, 0.1) is 19.0 Å². The molecule has 1 aliphatic heterocycles. The fraction of sp³-hybridized carbons (Fsp3) is 0.391. The van der Waals surface area contributed by atoms with Gasteiger partial charge in [0, 0.05) is 29.8 Å². The van der Waals surface area contributed by atoms with E-state index in [1.807, 2.05) is 24.3 Å². The zero-order valence-electron chi connectivity index (χ0n) is 18.5. The van der Waals surface area contributed by atoms with Gasteiger partial charge < -0.3 is 19.6 Å². The van der Waals surface area contributed by atoms with Crippen LogP contribution in [-0.2, 0) is 0 Å². The van der Waals surface area contributed by atoms with Gasteiger partial charge in [-0.3, -0.25) is 10.00 Å². The zero-order valence-corrected chi connectivity index (χ0v) is 18.5. The Morgan fingerprint density at radius 3 is 2.84 bits per heavy atom. The maximum atomic E-state index is 6.94. The molecule has 0 bridgehead atoms. The highest BCUT2D eigenvalue weighted by Gasteiger charge is 2.27. The molecule has 1 saturated heterocycles. The molecule has 1 aliphatic rings. The Hall–Kier alpha value is -3.64. The number of nitrogens with one attached hydrogen (secondary N) is 2. The molecule has 9 heteroatoms. The van der Waals surface area contributed by atoms with Crippen LogP contribution in [0.5, 0.6) is 11.5 Å². The first-order valence-electron chi connectivity index (χ1n) is 10.7. The monoisotopic (exact) mass is 433 g/mol. The average molecular weight is 434 g/mol. The van der Waals surface area contributed by atoms with Gasteiger partial charge in [0.15, 0.2) is 17.8 Å². The van der Waals surface area contributed by atoms with Gasteiger partial charge in [-0.15, -0.1) is 4.98 Å². The fourth-order valence-corrected chi connectivity index (χ4v) is 3.99. The number of rotatable bonds is 8. The van der Waals surface area contributed by atoms with Crippen molar-refractivity contribution in [1.29, 1.82) is 0 Å². The van der Waals surface area contributed by atoms with Gasteiger partial charge in [-0.1, -0.05) is 6.57 Å². The number of aromatic nitrogens is 4. The Bertz CT molecular complexity index is 1090. The van der Waals surface area contributed by atoms with E-state index in [9.17, 15) is 0 Å². The summed E-state index contributed by atoms with van der Waals surface area (Å²) in [6.07, 6.45) is 5.30. The predicted octanol–water partition coefficient (Wildman–Crippen LogP) is 4.42. The largest absolute Gasteiger partial charge is 0.496 e. The first-order chi connectivity index (χ1) is 15.6. The van der Waals surface area contributed by atoms with E-state index in [0.29, 0.717) is 36.1 Å². The molecule has 0 aliphatic carbocycles. The first-order valence-corrected chi connectivity index (χ1v) is 10.7. The summed E-state index contributed by atoms with van der Waals surface area (Å²) in [4.78, 5) is 13.9. The molecule has 0 saturated carbocycles. The summed E-state index contributed by atoms with van der Waals surface area (Å²) in [6, 6.07) is 8.67. The van der Waals surface area contributed by atoms with E-state index in [0.717, 1.165) is 23.6 Å². The van der Waals surface area contributed by atoms with Crippen LogP contribution >= 0.6 is 0 Å². The molecule has 9 nitrogen and oxygen atoms in total. The van der Waals surface area contributed by atoms with Crippen molar-refractivity contribution < 1.29 is 9.47 Å². The normalized spacial score (nSPS) is 16.2. The number of aromatic amines is 1.